The first-order valence-corrected chi connectivity index (χ1v) is 8.57. The molecule has 4 rings (SSSR count). The van der Waals surface area contributed by atoms with E-state index in [1.165, 1.54) is 0 Å². The fourth-order valence-corrected chi connectivity index (χ4v) is 3.52. The van der Waals surface area contributed by atoms with E-state index in [0.29, 0.717) is 18.2 Å². The molecule has 3 aromatic rings. The Morgan fingerprint density at radius 2 is 2.20 bits per heavy atom. The fourth-order valence-electron chi connectivity index (χ4n) is 3.24. The van der Waals surface area contributed by atoms with Crippen molar-refractivity contribution in [1.82, 2.24) is 19.4 Å². The highest BCUT2D eigenvalue weighted by molar-refractivity contribution is 6.31. The SMILES string of the molecule is Cc1cc(N2CCCOCC2c2cc3nccn3cc2Cl)nc(N)n1. The highest BCUT2D eigenvalue weighted by Crippen LogP contribution is 2.33. The molecule has 2 N–H and O–H groups in total. The molecule has 0 radical (unpaired) electrons. The molecule has 0 aromatic carbocycles. The molecule has 7 nitrogen and oxygen atoms in total. The van der Waals surface area contributed by atoms with E-state index in [2.05, 4.69) is 19.9 Å². The van der Waals surface area contributed by atoms with Crippen LogP contribution in [-0.2, 0) is 4.74 Å². The zero-order valence-corrected chi connectivity index (χ0v) is 14.6. The molecule has 1 unspecified atom stereocenters. The van der Waals surface area contributed by atoms with E-state index in [1.54, 1.807) is 6.20 Å². The van der Waals surface area contributed by atoms with Gasteiger partial charge in [0.25, 0.3) is 0 Å². The summed E-state index contributed by atoms with van der Waals surface area (Å²) in [5, 5.41) is 0.671. The summed E-state index contributed by atoms with van der Waals surface area (Å²) >= 11 is 6.57. The van der Waals surface area contributed by atoms with Gasteiger partial charge in [0.15, 0.2) is 0 Å². The molecule has 1 aliphatic rings. The molecule has 1 fully saturated rings. The average molecular weight is 359 g/mol. The average Bonchev–Trinajstić information content (AvgIpc) is 2.87. The lowest BCUT2D eigenvalue weighted by atomic mass is 10.1. The molecule has 0 saturated carbocycles. The second-order valence-corrected chi connectivity index (χ2v) is 6.54. The van der Waals surface area contributed by atoms with Gasteiger partial charge in [-0.2, -0.15) is 4.98 Å². The van der Waals surface area contributed by atoms with Crippen molar-refractivity contribution in [3.8, 4) is 0 Å². The molecule has 3 aromatic heterocycles. The zero-order chi connectivity index (χ0) is 17.4. The summed E-state index contributed by atoms with van der Waals surface area (Å²) in [6.45, 7) is 3.94. The van der Waals surface area contributed by atoms with Gasteiger partial charge in [-0.3, -0.25) is 0 Å². The Hall–Kier alpha value is -2.38. The molecule has 25 heavy (non-hydrogen) atoms. The molecule has 0 amide bonds. The summed E-state index contributed by atoms with van der Waals surface area (Å²) in [7, 11) is 0. The van der Waals surface area contributed by atoms with Gasteiger partial charge >= 0.3 is 0 Å². The smallest absolute Gasteiger partial charge is 0.222 e. The van der Waals surface area contributed by atoms with Crippen LogP contribution in [-0.4, -0.2) is 39.1 Å². The minimum Gasteiger partial charge on any atom is -0.379 e. The second-order valence-electron chi connectivity index (χ2n) is 6.13. The third-order valence-electron chi connectivity index (χ3n) is 4.36. The zero-order valence-electron chi connectivity index (χ0n) is 13.9. The third kappa shape index (κ3) is 3.12. The van der Waals surface area contributed by atoms with Crippen molar-refractivity contribution in [2.45, 2.75) is 19.4 Å². The van der Waals surface area contributed by atoms with Crippen LogP contribution in [0.4, 0.5) is 11.8 Å². The summed E-state index contributed by atoms with van der Waals surface area (Å²) in [5.74, 6) is 1.06. The maximum absolute atomic E-state index is 6.57. The quantitative estimate of drug-likeness (QED) is 0.758. The van der Waals surface area contributed by atoms with Gasteiger partial charge in [0.05, 0.1) is 17.7 Å². The molecule has 0 spiro atoms. The van der Waals surface area contributed by atoms with Gasteiger partial charge in [-0.05, 0) is 19.4 Å². The monoisotopic (exact) mass is 358 g/mol. The van der Waals surface area contributed by atoms with Crippen LogP contribution < -0.4 is 10.6 Å². The number of pyridine rings is 1. The van der Waals surface area contributed by atoms with Crippen molar-refractivity contribution in [3.05, 3.63) is 47.0 Å². The first-order chi connectivity index (χ1) is 12.1. The number of imidazole rings is 1. The Morgan fingerprint density at radius 1 is 1.32 bits per heavy atom. The maximum atomic E-state index is 6.57. The number of nitrogens with zero attached hydrogens (tertiary/aromatic N) is 5. The van der Waals surface area contributed by atoms with Gasteiger partial charge in [-0.25, -0.2) is 9.97 Å². The van der Waals surface area contributed by atoms with E-state index < -0.39 is 0 Å². The predicted octanol–water partition coefficient (Wildman–Crippen LogP) is 2.64. The van der Waals surface area contributed by atoms with Gasteiger partial charge in [-0.15, -0.1) is 0 Å². The van der Waals surface area contributed by atoms with Crippen LogP contribution in [0.2, 0.25) is 5.02 Å². The number of anilines is 2. The van der Waals surface area contributed by atoms with Gasteiger partial charge in [0, 0.05) is 49.1 Å². The first kappa shape index (κ1) is 16.1. The number of nitrogen functional groups attached to an aromatic ring is 1. The van der Waals surface area contributed by atoms with Crippen LogP contribution in [0.3, 0.4) is 0 Å². The number of rotatable bonds is 2. The second kappa shape index (κ2) is 6.50. The number of nitrogens with two attached hydrogens (primary N) is 1. The number of hydrogen-bond donors (Lipinski definition) is 1. The third-order valence-corrected chi connectivity index (χ3v) is 4.68. The van der Waals surface area contributed by atoms with E-state index in [1.807, 2.05) is 35.9 Å². The Balaban J connectivity index is 1.81. The summed E-state index contributed by atoms with van der Waals surface area (Å²) in [5.41, 5.74) is 8.51. The van der Waals surface area contributed by atoms with Crippen molar-refractivity contribution in [2.75, 3.05) is 30.4 Å². The number of aromatic nitrogens is 4. The topological polar surface area (TPSA) is 81.6 Å². The van der Waals surface area contributed by atoms with Crippen molar-refractivity contribution >= 4 is 29.0 Å². The van der Waals surface area contributed by atoms with Crippen LogP contribution in [0.5, 0.6) is 0 Å². The summed E-state index contributed by atoms with van der Waals surface area (Å²) in [6.07, 6.45) is 6.41. The first-order valence-electron chi connectivity index (χ1n) is 8.19. The van der Waals surface area contributed by atoms with E-state index in [4.69, 9.17) is 22.1 Å². The lowest BCUT2D eigenvalue weighted by Crippen LogP contribution is -2.32. The minimum atomic E-state index is -0.0644. The van der Waals surface area contributed by atoms with Gasteiger partial charge in [-0.1, -0.05) is 11.6 Å². The highest BCUT2D eigenvalue weighted by atomic mass is 35.5. The van der Waals surface area contributed by atoms with Crippen molar-refractivity contribution in [3.63, 3.8) is 0 Å². The molecular formula is C17H19ClN6O. The van der Waals surface area contributed by atoms with Crippen LogP contribution in [0.1, 0.15) is 23.7 Å². The molecule has 8 heteroatoms. The van der Waals surface area contributed by atoms with Gasteiger partial charge in [0.1, 0.15) is 11.5 Å². The van der Waals surface area contributed by atoms with Crippen molar-refractivity contribution in [2.24, 2.45) is 0 Å². The molecule has 1 atom stereocenters. The highest BCUT2D eigenvalue weighted by Gasteiger charge is 2.27. The number of aryl methyl sites for hydroxylation is 1. The standard InChI is InChI=1S/C17H19ClN6O/c1-11-7-16(22-17(19)21-11)24-4-2-6-25-10-14(24)12-8-15-20-3-5-23(15)9-13(12)18/h3,5,7-9,14H,2,4,6,10H2,1H3,(H2,19,21,22). The van der Waals surface area contributed by atoms with E-state index in [9.17, 15) is 0 Å². The molecule has 1 saturated heterocycles. The lowest BCUT2D eigenvalue weighted by molar-refractivity contribution is 0.134. The molecule has 0 bridgehead atoms. The predicted molar refractivity (Wildman–Crippen MR) is 96.9 cm³/mol. The van der Waals surface area contributed by atoms with Crippen LogP contribution in [0.25, 0.3) is 5.65 Å². The summed E-state index contributed by atoms with van der Waals surface area (Å²) in [4.78, 5) is 15.2. The molecule has 4 heterocycles. The van der Waals surface area contributed by atoms with Crippen LogP contribution in [0.15, 0.2) is 30.7 Å². The molecule has 130 valence electrons. The fraction of sp³-hybridized carbons (Fsp3) is 0.353. The van der Waals surface area contributed by atoms with Gasteiger partial charge in [0.2, 0.25) is 5.95 Å². The van der Waals surface area contributed by atoms with Crippen LogP contribution >= 0.6 is 11.6 Å². The Bertz CT molecular complexity index is 891. The normalized spacial score (nSPS) is 18.5. The molecule has 0 aliphatic carbocycles. The Morgan fingerprint density at radius 3 is 3.04 bits per heavy atom. The number of halogens is 1. The van der Waals surface area contributed by atoms with E-state index in [0.717, 1.165) is 35.7 Å². The summed E-state index contributed by atoms with van der Waals surface area (Å²) < 4.78 is 7.72. The molecule has 1 aliphatic heterocycles. The largest absolute Gasteiger partial charge is 0.379 e. The lowest BCUT2D eigenvalue weighted by Gasteiger charge is -2.31. The molecular weight excluding hydrogens is 340 g/mol. The van der Waals surface area contributed by atoms with Gasteiger partial charge < -0.3 is 19.8 Å². The Kier molecular flexibility index (Phi) is 4.19. The Labute approximate surface area is 150 Å². The maximum Gasteiger partial charge on any atom is 0.222 e. The summed E-state index contributed by atoms with van der Waals surface area (Å²) in [6, 6.07) is 3.88. The van der Waals surface area contributed by atoms with Crippen molar-refractivity contribution in [1.29, 1.82) is 0 Å². The number of ether oxygens (including phenoxy) is 1. The van der Waals surface area contributed by atoms with Crippen molar-refractivity contribution < 1.29 is 4.74 Å². The van der Waals surface area contributed by atoms with E-state index >= 15 is 0 Å². The minimum absolute atomic E-state index is 0.0644. The number of hydrogen-bond acceptors (Lipinski definition) is 6. The van der Waals surface area contributed by atoms with Crippen LogP contribution in [0, 0.1) is 6.92 Å². The number of fused-ring (bicyclic) bond motifs is 1. The van der Waals surface area contributed by atoms with E-state index in [-0.39, 0.29) is 12.0 Å².